The van der Waals surface area contributed by atoms with Crippen LogP contribution in [0.3, 0.4) is 0 Å². The lowest BCUT2D eigenvalue weighted by Crippen LogP contribution is -2.15. The second-order valence-corrected chi connectivity index (χ2v) is 10.1. The molecule has 0 amide bonds. The minimum atomic E-state index is -2.28. The van der Waals surface area contributed by atoms with Crippen molar-refractivity contribution >= 4 is 11.9 Å². The number of rotatable bonds is 22. The van der Waals surface area contributed by atoms with Crippen LogP contribution in [0, 0.1) is 29.1 Å². The van der Waals surface area contributed by atoms with Crippen LogP contribution in [0.2, 0.25) is 0 Å². The third kappa shape index (κ3) is 14.1. The van der Waals surface area contributed by atoms with Crippen molar-refractivity contribution in [1.82, 2.24) is 0 Å². The monoisotopic (exact) mass is 564 g/mol. The fourth-order valence-corrected chi connectivity index (χ4v) is 4.40. The second-order valence-electron chi connectivity index (χ2n) is 10.1. The van der Waals surface area contributed by atoms with Gasteiger partial charge in [-0.15, -0.1) is 0 Å². The quantitative estimate of drug-likeness (QED) is 0.0463. The molecule has 1 rings (SSSR count). The largest absolute Gasteiger partial charge is 0.466 e. The van der Waals surface area contributed by atoms with E-state index in [1.807, 2.05) is 0 Å². The number of carbonyl (C=O) groups excluding carboxylic acids is 2. The maximum Gasteiger partial charge on any atom is 0.306 e. The average molecular weight is 565 g/mol. The zero-order valence-corrected chi connectivity index (χ0v) is 23.5. The van der Waals surface area contributed by atoms with Gasteiger partial charge in [-0.3, -0.25) is 9.59 Å². The summed E-state index contributed by atoms with van der Waals surface area (Å²) >= 11 is 0. The summed E-state index contributed by atoms with van der Waals surface area (Å²) in [5.41, 5.74) is -1.22. The molecule has 0 spiro atoms. The molecule has 0 fully saturated rings. The van der Waals surface area contributed by atoms with Crippen LogP contribution in [-0.2, 0) is 19.1 Å². The molecule has 0 saturated carbocycles. The SMILES string of the molecule is CCCCCCCCCCCCCCCCCOC(=O)CCCC(=O)OC(C)c1c(F)c(F)c(F)c(F)c1F. The molecule has 0 heterocycles. The standard InChI is InChI=1S/C30H45F5O4/c1-3-4-5-6-7-8-9-10-11-12-13-14-15-16-17-21-38-23(36)19-18-20-24(37)39-22(2)25-26(31)28(33)30(35)29(34)27(25)32/h22H,3-21H2,1-2H3. The van der Waals surface area contributed by atoms with E-state index in [9.17, 15) is 31.5 Å². The van der Waals surface area contributed by atoms with Crippen LogP contribution in [0.5, 0.6) is 0 Å². The van der Waals surface area contributed by atoms with Gasteiger partial charge in [0.25, 0.3) is 0 Å². The summed E-state index contributed by atoms with van der Waals surface area (Å²) in [5.74, 6) is -12.0. The third-order valence-corrected chi connectivity index (χ3v) is 6.73. The molecule has 39 heavy (non-hydrogen) atoms. The molecule has 1 atom stereocenters. The second kappa shape index (κ2) is 20.7. The highest BCUT2D eigenvalue weighted by atomic mass is 19.2. The minimum Gasteiger partial charge on any atom is -0.466 e. The lowest BCUT2D eigenvalue weighted by molar-refractivity contribution is -0.149. The molecule has 4 nitrogen and oxygen atoms in total. The maximum atomic E-state index is 13.8. The highest BCUT2D eigenvalue weighted by molar-refractivity contribution is 5.72. The fraction of sp³-hybridized carbons (Fsp3) is 0.733. The molecule has 0 radical (unpaired) electrons. The van der Waals surface area contributed by atoms with Crippen molar-refractivity contribution in [3.05, 3.63) is 34.6 Å². The van der Waals surface area contributed by atoms with Crippen molar-refractivity contribution in [3.8, 4) is 0 Å². The van der Waals surface area contributed by atoms with Crippen LogP contribution in [0.15, 0.2) is 0 Å². The Kier molecular flexibility index (Phi) is 18.5. The van der Waals surface area contributed by atoms with Crippen molar-refractivity contribution in [2.75, 3.05) is 6.61 Å². The minimum absolute atomic E-state index is 0.0508. The van der Waals surface area contributed by atoms with Crippen LogP contribution in [0.4, 0.5) is 22.0 Å². The van der Waals surface area contributed by atoms with E-state index in [0.29, 0.717) is 6.61 Å². The number of benzene rings is 1. The van der Waals surface area contributed by atoms with Crippen molar-refractivity contribution in [3.63, 3.8) is 0 Å². The van der Waals surface area contributed by atoms with Gasteiger partial charge in [-0.25, -0.2) is 22.0 Å². The number of hydrogen-bond donors (Lipinski definition) is 0. The molecule has 0 aliphatic heterocycles. The Morgan fingerprint density at radius 2 is 0.949 bits per heavy atom. The van der Waals surface area contributed by atoms with E-state index in [4.69, 9.17) is 9.47 Å². The molecule has 0 N–H and O–H groups in total. The Balaban J connectivity index is 2.04. The molecule has 0 aliphatic rings. The van der Waals surface area contributed by atoms with Gasteiger partial charge in [-0.1, -0.05) is 96.8 Å². The van der Waals surface area contributed by atoms with Crippen LogP contribution in [0.25, 0.3) is 0 Å². The summed E-state index contributed by atoms with van der Waals surface area (Å²) in [7, 11) is 0. The molecule has 0 aliphatic carbocycles. The summed E-state index contributed by atoms with van der Waals surface area (Å²) in [6, 6.07) is 0. The van der Waals surface area contributed by atoms with Gasteiger partial charge in [0, 0.05) is 12.8 Å². The Labute approximate surface area is 230 Å². The van der Waals surface area contributed by atoms with E-state index >= 15 is 0 Å². The highest BCUT2D eigenvalue weighted by Gasteiger charge is 2.30. The molecule has 0 aromatic heterocycles. The Morgan fingerprint density at radius 1 is 0.564 bits per heavy atom. The first-order valence-electron chi connectivity index (χ1n) is 14.6. The normalized spacial score (nSPS) is 12.0. The predicted molar refractivity (Wildman–Crippen MR) is 140 cm³/mol. The van der Waals surface area contributed by atoms with E-state index in [1.54, 1.807) is 0 Å². The first-order chi connectivity index (χ1) is 18.7. The fourth-order valence-electron chi connectivity index (χ4n) is 4.40. The van der Waals surface area contributed by atoms with Gasteiger partial charge >= 0.3 is 11.9 Å². The third-order valence-electron chi connectivity index (χ3n) is 6.73. The summed E-state index contributed by atoms with van der Waals surface area (Å²) in [6.45, 7) is 3.54. The summed E-state index contributed by atoms with van der Waals surface area (Å²) in [4.78, 5) is 23.7. The number of halogens is 5. The van der Waals surface area contributed by atoms with Crippen molar-refractivity contribution in [1.29, 1.82) is 0 Å². The van der Waals surface area contributed by atoms with Crippen LogP contribution in [0.1, 0.15) is 141 Å². The number of hydrogen-bond acceptors (Lipinski definition) is 4. The van der Waals surface area contributed by atoms with Gasteiger partial charge in [0.15, 0.2) is 23.3 Å². The number of esters is 2. The number of unbranched alkanes of at least 4 members (excludes halogenated alkanes) is 14. The van der Waals surface area contributed by atoms with Crippen LogP contribution >= 0.6 is 0 Å². The molecule has 9 heteroatoms. The molecule has 1 aromatic carbocycles. The Hall–Kier alpha value is -2.19. The van der Waals surface area contributed by atoms with Gasteiger partial charge in [-0.2, -0.15) is 0 Å². The Morgan fingerprint density at radius 3 is 1.41 bits per heavy atom. The van der Waals surface area contributed by atoms with E-state index in [2.05, 4.69) is 6.92 Å². The zero-order chi connectivity index (χ0) is 29.0. The van der Waals surface area contributed by atoms with Gasteiger partial charge < -0.3 is 9.47 Å². The lowest BCUT2D eigenvalue weighted by Gasteiger charge is -2.16. The van der Waals surface area contributed by atoms with E-state index in [0.717, 1.165) is 26.2 Å². The smallest absolute Gasteiger partial charge is 0.306 e. The summed E-state index contributed by atoms with van der Waals surface area (Å²) in [6.07, 6.45) is 16.7. The lowest BCUT2D eigenvalue weighted by atomic mass is 10.0. The van der Waals surface area contributed by atoms with E-state index in [-0.39, 0.29) is 19.3 Å². The van der Waals surface area contributed by atoms with Gasteiger partial charge in [0.05, 0.1) is 12.2 Å². The van der Waals surface area contributed by atoms with Crippen molar-refractivity contribution < 1.29 is 41.0 Å². The molecule has 0 saturated heterocycles. The first-order valence-corrected chi connectivity index (χ1v) is 14.6. The average Bonchev–Trinajstić information content (AvgIpc) is 2.90. The molecule has 0 bridgehead atoms. The van der Waals surface area contributed by atoms with Crippen LogP contribution in [-0.4, -0.2) is 18.5 Å². The van der Waals surface area contributed by atoms with Gasteiger partial charge in [-0.05, 0) is 19.8 Å². The zero-order valence-electron chi connectivity index (χ0n) is 23.5. The van der Waals surface area contributed by atoms with E-state index in [1.165, 1.54) is 77.0 Å². The van der Waals surface area contributed by atoms with Crippen molar-refractivity contribution in [2.45, 2.75) is 136 Å². The number of ether oxygens (including phenoxy) is 2. The maximum absolute atomic E-state index is 13.8. The molecule has 1 aromatic rings. The summed E-state index contributed by atoms with van der Waals surface area (Å²) < 4.78 is 77.4. The van der Waals surface area contributed by atoms with Gasteiger partial charge in [0.2, 0.25) is 5.82 Å². The molecular weight excluding hydrogens is 519 g/mol. The van der Waals surface area contributed by atoms with Crippen LogP contribution < -0.4 is 0 Å². The first kappa shape index (κ1) is 34.8. The number of carbonyl (C=O) groups is 2. The summed E-state index contributed by atoms with van der Waals surface area (Å²) in [5, 5.41) is 0. The van der Waals surface area contributed by atoms with E-state index < -0.39 is 52.7 Å². The van der Waals surface area contributed by atoms with Crippen molar-refractivity contribution in [2.24, 2.45) is 0 Å². The molecule has 1 unspecified atom stereocenters. The Bertz CT molecular complexity index is 833. The highest BCUT2D eigenvalue weighted by Crippen LogP contribution is 2.29. The van der Waals surface area contributed by atoms with Gasteiger partial charge in [0.1, 0.15) is 6.10 Å². The molecule has 224 valence electrons. The topological polar surface area (TPSA) is 52.6 Å². The molecular formula is C30H45F5O4. The predicted octanol–water partition coefficient (Wildman–Crippen LogP) is 9.57.